The standard InChI is InChI=1S/C16H21N5O9/c17-13-7-14(19-3-18-13)21(4-20-7)15-11(26)9(24)6(30-15)2-28-16(27)12-10(25)8(23)5(1-22)29-12/h3-6,8-12,15,22-26H,1-2H2,(H2,17,18,19)/t5-,6-,8-,9?,10-,11?,12?,15-/m1/s1. The predicted octanol–water partition coefficient (Wildman–Crippen LogP) is -3.95. The molecule has 2 aromatic heterocycles. The van der Waals surface area contributed by atoms with Crippen molar-refractivity contribution in [1.29, 1.82) is 0 Å². The summed E-state index contributed by atoms with van der Waals surface area (Å²) in [4.78, 5) is 24.1. The van der Waals surface area contributed by atoms with Gasteiger partial charge in [0.2, 0.25) is 0 Å². The zero-order chi connectivity index (χ0) is 21.6. The highest BCUT2D eigenvalue weighted by molar-refractivity contribution is 5.81. The van der Waals surface area contributed by atoms with E-state index in [9.17, 15) is 25.2 Å². The van der Waals surface area contributed by atoms with Gasteiger partial charge in [-0.15, -0.1) is 0 Å². The molecule has 0 saturated carbocycles. The number of hydrogen-bond acceptors (Lipinski definition) is 13. The molecule has 0 bridgehead atoms. The third kappa shape index (κ3) is 3.37. The van der Waals surface area contributed by atoms with Crippen molar-refractivity contribution in [1.82, 2.24) is 19.5 Å². The van der Waals surface area contributed by atoms with E-state index in [4.69, 9.17) is 25.1 Å². The molecule has 0 aromatic carbocycles. The lowest BCUT2D eigenvalue weighted by Gasteiger charge is -2.18. The zero-order valence-electron chi connectivity index (χ0n) is 15.4. The minimum absolute atomic E-state index is 0.135. The van der Waals surface area contributed by atoms with Crippen LogP contribution in [0.25, 0.3) is 11.2 Å². The van der Waals surface area contributed by atoms with E-state index in [1.165, 1.54) is 17.2 Å². The first-order chi connectivity index (χ1) is 14.3. The Kier molecular flexibility index (Phi) is 5.54. The van der Waals surface area contributed by atoms with E-state index in [1.54, 1.807) is 0 Å². The van der Waals surface area contributed by atoms with Gasteiger partial charge in [0.15, 0.2) is 23.8 Å². The van der Waals surface area contributed by atoms with Crippen molar-refractivity contribution in [3.05, 3.63) is 12.7 Å². The summed E-state index contributed by atoms with van der Waals surface area (Å²) < 4.78 is 17.1. The van der Waals surface area contributed by atoms with Crippen LogP contribution >= 0.6 is 0 Å². The fraction of sp³-hybridized carbons (Fsp3) is 0.625. The van der Waals surface area contributed by atoms with Gasteiger partial charge >= 0.3 is 5.97 Å². The minimum Gasteiger partial charge on any atom is -0.461 e. The molecular formula is C16H21N5O9. The number of ether oxygens (including phenoxy) is 3. The summed E-state index contributed by atoms with van der Waals surface area (Å²) in [7, 11) is 0. The van der Waals surface area contributed by atoms with Gasteiger partial charge in [-0.3, -0.25) is 4.57 Å². The Morgan fingerprint density at radius 3 is 2.50 bits per heavy atom. The van der Waals surface area contributed by atoms with Gasteiger partial charge < -0.3 is 45.5 Å². The topological polar surface area (TPSA) is 216 Å². The van der Waals surface area contributed by atoms with Crippen molar-refractivity contribution in [2.24, 2.45) is 0 Å². The Morgan fingerprint density at radius 2 is 1.80 bits per heavy atom. The van der Waals surface area contributed by atoms with Crippen LogP contribution in [0.1, 0.15) is 6.23 Å². The number of fused-ring (bicyclic) bond motifs is 1. The van der Waals surface area contributed by atoms with Crippen LogP contribution in [-0.2, 0) is 19.0 Å². The second-order valence-corrected chi connectivity index (χ2v) is 7.02. The van der Waals surface area contributed by atoms with Crippen LogP contribution in [-0.4, -0.2) is 107 Å². The normalized spacial score (nSPS) is 36.4. The number of aliphatic hydroxyl groups is 5. The lowest BCUT2D eigenvalue weighted by molar-refractivity contribution is -0.166. The Balaban J connectivity index is 1.42. The number of aromatic nitrogens is 4. The maximum Gasteiger partial charge on any atom is 0.338 e. The van der Waals surface area contributed by atoms with Crippen LogP contribution in [0.15, 0.2) is 12.7 Å². The second kappa shape index (κ2) is 7.99. The van der Waals surface area contributed by atoms with Gasteiger partial charge in [0.25, 0.3) is 0 Å². The van der Waals surface area contributed by atoms with Crippen molar-refractivity contribution >= 4 is 23.0 Å². The Bertz CT molecular complexity index is 926. The summed E-state index contributed by atoms with van der Waals surface area (Å²) in [6, 6.07) is 0. The second-order valence-electron chi connectivity index (χ2n) is 7.02. The first-order valence-corrected chi connectivity index (χ1v) is 9.07. The first-order valence-electron chi connectivity index (χ1n) is 9.07. The fourth-order valence-corrected chi connectivity index (χ4v) is 3.49. The summed E-state index contributed by atoms with van der Waals surface area (Å²) in [5, 5.41) is 49.3. The van der Waals surface area contributed by atoms with Gasteiger partial charge in [0, 0.05) is 0 Å². The molecule has 2 fully saturated rings. The highest BCUT2D eigenvalue weighted by atomic mass is 16.6. The molecule has 3 unspecified atom stereocenters. The lowest BCUT2D eigenvalue weighted by atomic mass is 10.1. The molecule has 30 heavy (non-hydrogen) atoms. The maximum atomic E-state index is 12.2. The van der Waals surface area contributed by atoms with Crippen molar-refractivity contribution in [2.45, 2.75) is 49.0 Å². The number of carbonyl (C=O) groups is 1. The third-order valence-electron chi connectivity index (χ3n) is 5.16. The number of carbonyl (C=O) groups excluding carboxylic acids is 1. The maximum absolute atomic E-state index is 12.2. The molecule has 0 spiro atoms. The minimum atomic E-state index is -1.58. The highest BCUT2D eigenvalue weighted by Gasteiger charge is 2.48. The quantitative estimate of drug-likeness (QED) is 0.251. The van der Waals surface area contributed by atoms with E-state index in [2.05, 4.69) is 15.0 Å². The molecule has 2 aliphatic heterocycles. The third-order valence-corrected chi connectivity index (χ3v) is 5.16. The van der Waals surface area contributed by atoms with Crippen LogP contribution < -0.4 is 5.73 Å². The SMILES string of the molecule is Nc1ncnc2c1ncn2[C@@H]1O[C@H](COC(=O)C2O[C@H](CO)[C@@H](O)[C@H]2O)C(O)C1O. The van der Waals surface area contributed by atoms with Crippen molar-refractivity contribution in [2.75, 3.05) is 18.9 Å². The van der Waals surface area contributed by atoms with Crippen LogP contribution in [0.2, 0.25) is 0 Å². The number of imidazole rings is 1. The van der Waals surface area contributed by atoms with Crippen LogP contribution in [0.3, 0.4) is 0 Å². The van der Waals surface area contributed by atoms with Crippen LogP contribution in [0, 0.1) is 0 Å². The first kappa shape index (κ1) is 20.8. The lowest BCUT2D eigenvalue weighted by Crippen LogP contribution is -2.40. The average Bonchev–Trinajstić information content (AvgIpc) is 3.37. The van der Waals surface area contributed by atoms with E-state index >= 15 is 0 Å². The molecular weight excluding hydrogens is 406 g/mol. The van der Waals surface area contributed by atoms with Gasteiger partial charge in [0.1, 0.15) is 55.1 Å². The Labute approximate surface area is 168 Å². The Hall–Kier alpha value is -2.46. The predicted molar refractivity (Wildman–Crippen MR) is 94.4 cm³/mol. The molecule has 0 amide bonds. The molecule has 14 heteroatoms. The summed E-state index contributed by atoms with van der Waals surface area (Å²) in [5.41, 5.74) is 6.31. The highest BCUT2D eigenvalue weighted by Crippen LogP contribution is 2.32. The molecule has 2 saturated heterocycles. The number of nitrogens with zero attached hydrogens (tertiary/aromatic N) is 4. The summed E-state index contributed by atoms with van der Waals surface area (Å²) in [6.07, 6.45) is -8.12. The summed E-state index contributed by atoms with van der Waals surface area (Å²) >= 11 is 0. The van der Waals surface area contributed by atoms with Gasteiger partial charge in [-0.05, 0) is 0 Å². The monoisotopic (exact) mass is 427 g/mol. The van der Waals surface area contributed by atoms with Crippen molar-refractivity contribution < 1.29 is 44.5 Å². The number of rotatable bonds is 5. The number of nitrogen functional groups attached to an aromatic ring is 1. The van der Waals surface area contributed by atoms with E-state index in [0.717, 1.165) is 0 Å². The van der Waals surface area contributed by atoms with Crippen LogP contribution in [0.5, 0.6) is 0 Å². The number of aliphatic hydroxyl groups excluding tert-OH is 5. The van der Waals surface area contributed by atoms with E-state index in [-0.39, 0.29) is 11.5 Å². The largest absolute Gasteiger partial charge is 0.461 e. The van der Waals surface area contributed by atoms with Crippen molar-refractivity contribution in [3.8, 4) is 0 Å². The zero-order valence-corrected chi connectivity index (χ0v) is 15.4. The molecule has 14 nitrogen and oxygen atoms in total. The van der Waals surface area contributed by atoms with E-state index < -0.39 is 68.1 Å². The van der Waals surface area contributed by atoms with E-state index in [1.807, 2.05) is 0 Å². The van der Waals surface area contributed by atoms with Crippen LogP contribution in [0.4, 0.5) is 5.82 Å². The van der Waals surface area contributed by atoms with Gasteiger partial charge in [-0.25, -0.2) is 19.7 Å². The number of anilines is 1. The molecule has 2 aromatic rings. The summed E-state index contributed by atoms with van der Waals surface area (Å²) in [5.74, 6) is -0.879. The molecule has 0 radical (unpaired) electrons. The molecule has 4 rings (SSSR count). The van der Waals surface area contributed by atoms with Gasteiger partial charge in [0.05, 0.1) is 12.9 Å². The molecule has 4 heterocycles. The average molecular weight is 427 g/mol. The number of hydrogen-bond donors (Lipinski definition) is 6. The van der Waals surface area contributed by atoms with Gasteiger partial charge in [-0.2, -0.15) is 0 Å². The molecule has 2 aliphatic rings. The van der Waals surface area contributed by atoms with E-state index in [0.29, 0.717) is 5.52 Å². The van der Waals surface area contributed by atoms with Crippen molar-refractivity contribution in [3.63, 3.8) is 0 Å². The molecule has 0 aliphatic carbocycles. The number of nitrogens with two attached hydrogens (primary N) is 1. The molecule has 8 atom stereocenters. The van der Waals surface area contributed by atoms with Gasteiger partial charge in [-0.1, -0.05) is 0 Å². The number of esters is 1. The molecule has 164 valence electrons. The fourth-order valence-electron chi connectivity index (χ4n) is 3.49. The Morgan fingerprint density at radius 1 is 1.07 bits per heavy atom. The smallest absolute Gasteiger partial charge is 0.338 e. The summed E-state index contributed by atoms with van der Waals surface area (Å²) in [6.45, 7) is -1.06. The molecule has 7 N–H and O–H groups in total.